The van der Waals surface area contributed by atoms with Gasteiger partial charge in [-0.2, -0.15) is 0 Å². The summed E-state index contributed by atoms with van der Waals surface area (Å²) in [5.41, 5.74) is 6.92. The summed E-state index contributed by atoms with van der Waals surface area (Å²) in [7, 11) is 3.03. The zero-order valence-electron chi connectivity index (χ0n) is 16.3. The highest BCUT2D eigenvalue weighted by Crippen LogP contribution is 2.29. The van der Waals surface area contributed by atoms with E-state index in [4.69, 9.17) is 24.7 Å². The highest BCUT2D eigenvalue weighted by molar-refractivity contribution is 5.94. The molecule has 0 saturated carbocycles. The molecule has 0 aliphatic carbocycles. The Hall–Kier alpha value is -3.42. The summed E-state index contributed by atoms with van der Waals surface area (Å²) in [5, 5.41) is 2.69. The second-order valence-corrected chi connectivity index (χ2v) is 6.11. The summed E-state index contributed by atoms with van der Waals surface area (Å²) in [6, 6.07) is 9.51. The number of anilines is 2. The zero-order valence-corrected chi connectivity index (χ0v) is 16.3. The van der Waals surface area contributed by atoms with Gasteiger partial charge in [0.05, 0.1) is 37.3 Å². The first-order valence-electron chi connectivity index (χ1n) is 8.59. The van der Waals surface area contributed by atoms with Crippen LogP contribution in [0.5, 0.6) is 17.2 Å². The zero-order chi connectivity index (χ0) is 20.7. The van der Waals surface area contributed by atoms with Crippen molar-refractivity contribution in [3.8, 4) is 17.2 Å². The van der Waals surface area contributed by atoms with Crippen LogP contribution in [-0.4, -0.2) is 38.8 Å². The third-order valence-corrected chi connectivity index (χ3v) is 3.63. The van der Waals surface area contributed by atoms with Crippen LogP contribution in [0.25, 0.3) is 0 Å². The minimum Gasteiger partial charge on any atom is -0.497 e. The van der Waals surface area contributed by atoms with Crippen molar-refractivity contribution in [3.63, 3.8) is 0 Å². The molecular formula is C20H24N2O6. The lowest BCUT2D eigenvalue weighted by Gasteiger charge is -2.13. The minimum atomic E-state index is -0.493. The van der Waals surface area contributed by atoms with Crippen LogP contribution in [0.4, 0.5) is 11.4 Å². The SMILES string of the molecule is COc1ccc(NC(=O)COc2cc(C(=O)OC(C)C)ccc2N)c(OC)c1. The van der Waals surface area contributed by atoms with E-state index in [1.165, 1.54) is 32.4 Å². The molecule has 3 N–H and O–H groups in total. The Morgan fingerprint density at radius 1 is 1.04 bits per heavy atom. The second-order valence-electron chi connectivity index (χ2n) is 6.11. The number of esters is 1. The average Bonchev–Trinajstić information content (AvgIpc) is 2.67. The van der Waals surface area contributed by atoms with Crippen LogP contribution in [-0.2, 0) is 9.53 Å². The highest BCUT2D eigenvalue weighted by atomic mass is 16.5. The van der Waals surface area contributed by atoms with Gasteiger partial charge >= 0.3 is 5.97 Å². The second kappa shape index (κ2) is 9.50. The van der Waals surface area contributed by atoms with Crippen molar-refractivity contribution >= 4 is 23.3 Å². The molecule has 0 bridgehead atoms. The number of ether oxygens (including phenoxy) is 4. The van der Waals surface area contributed by atoms with E-state index < -0.39 is 11.9 Å². The van der Waals surface area contributed by atoms with E-state index in [1.807, 2.05) is 0 Å². The van der Waals surface area contributed by atoms with E-state index in [9.17, 15) is 9.59 Å². The Morgan fingerprint density at radius 3 is 2.43 bits per heavy atom. The molecule has 0 spiro atoms. The predicted molar refractivity (Wildman–Crippen MR) is 105 cm³/mol. The van der Waals surface area contributed by atoms with Gasteiger partial charge < -0.3 is 30.0 Å². The maximum absolute atomic E-state index is 12.2. The first kappa shape index (κ1) is 20.9. The average molecular weight is 388 g/mol. The summed E-state index contributed by atoms with van der Waals surface area (Å²) in [5.74, 6) is 0.356. The Labute approximate surface area is 163 Å². The smallest absolute Gasteiger partial charge is 0.338 e. The minimum absolute atomic E-state index is 0.218. The van der Waals surface area contributed by atoms with E-state index >= 15 is 0 Å². The maximum atomic E-state index is 12.2. The van der Waals surface area contributed by atoms with E-state index in [-0.39, 0.29) is 24.0 Å². The van der Waals surface area contributed by atoms with E-state index in [0.717, 1.165) is 0 Å². The van der Waals surface area contributed by atoms with Crippen molar-refractivity contribution < 1.29 is 28.5 Å². The number of nitrogens with one attached hydrogen (secondary N) is 1. The molecule has 0 radical (unpaired) electrons. The van der Waals surface area contributed by atoms with Gasteiger partial charge in [0.15, 0.2) is 6.61 Å². The largest absolute Gasteiger partial charge is 0.497 e. The fraction of sp³-hybridized carbons (Fsp3) is 0.300. The third-order valence-electron chi connectivity index (χ3n) is 3.63. The van der Waals surface area contributed by atoms with Gasteiger partial charge in [-0.25, -0.2) is 4.79 Å². The standard InChI is InChI=1S/C20H24N2O6/c1-12(2)28-20(24)13-5-7-15(21)17(9-13)27-11-19(23)22-16-8-6-14(25-3)10-18(16)26-4/h5-10,12H,11,21H2,1-4H3,(H,22,23). The lowest BCUT2D eigenvalue weighted by Crippen LogP contribution is -2.21. The van der Waals surface area contributed by atoms with Gasteiger partial charge in [-0.05, 0) is 44.2 Å². The predicted octanol–water partition coefficient (Wildman–Crippen LogP) is 2.87. The molecule has 2 aromatic rings. The number of nitrogen functional groups attached to an aromatic ring is 1. The Balaban J connectivity index is 2.04. The van der Waals surface area contributed by atoms with Crippen molar-refractivity contribution in [1.82, 2.24) is 0 Å². The molecule has 0 aliphatic rings. The van der Waals surface area contributed by atoms with Crippen LogP contribution < -0.4 is 25.3 Å². The van der Waals surface area contributed by atoms with Crippen LogP contribution in [0.3, 0.4) is 0 Å². The van der Waals surface area contributed by atoms with Crippen LogP contribution in [0.2, 0.25) is 0 Å². The molecule has 28 heavy (non-hydrogen) atoms. The topological polar surface area (TPSA) is 109 Å². The number of benzene rings is 2. The number of hydrogen-bond donors (Lipinski definition) is 2. The molecule has 0 unspecified atom stereocenters. The van der Waals surface area contributed by atoms with Crippen LogP contribution in [0.1, 0.15) is 24.2 Å². The lowest BCUT2D eigenvalue weighted by atomic mass is 10.2. The number of methoxy groups -OCH3 is 2. The number of carbonyl (C=O) groups is 2. The Morgan fingerprint density at radius 2 is 1.79 bits per heavy atom. The van der Waals surface area contributed by atoms with Gasteiger partial charge in [0, 0.05) is 6.07 Å². The fourth-order valence-electron chi connectivity index (χ4n) is 2.30. The van der Waals surface area contributed by atoms with Crippen molar-refractivity contribution in [1.29, 1.82) is 0 Å². The molecular weight excluding hydrogens is 364 g/mol. The molecule has 0 heterocycles. The quantitative estimate of drug-likeness (QED) is 0.529. The maximum Gasteiger partial charge on any atom is 0.338 e. The third kappa shape index (κ3) is 5.54. The first-order chi connectivity index (χ1) is 13.3. The molecule has 0 aliphatic heterocycles. The summed E-state index contributed by atoms with van der Waals surface area (Å²) in [6.07, 6.45) is -0.250. The molecule has 8 nitrogen and oxygen atoms in total. The molecule has 1 amide bonds. The van der Waals surface area contributed by atoms with E-state index in [1.54, 1.807) is 32.0 Å². The van der Waals surface area contributed by atoms with Crippen LogP contribution in [0.15, 0.2) is 36.4 Å². The number of rotatable bonds is 8. The van der Waals surface area contributed by atoms with Gasteiger partial charge in [0.1, 0.15) is 17.2 Å². The monoisotopic (exact) mass is 388 g/mol. The number of carbonyl (C=O) groups excluding carboxylic acids is 2. The summed E-state index contributed by atoms with van der Waals surface area (Å²) in [4.78, 5) is 24.2. The fourth-order valence-corrected chi connectivity index (χ4v) is 2.30. The number of hydrogen-bond acceptors (Lipinski definition) is 7. The molecule has 0 atom stereocenters. The molecule has 8 heteroatoms. The normalized spacial score (nSPS) is 10.3. The highest BCUT2D eigenvalue weighted by Gasteiger charge is 2.14. The van der Waals surface area contributed by atoms with Gasteiger partial charge in [-0.15, -0.1) is 0 Å². The van der Waals surface area contributed by atoms with Crippen LogP contribution >= 0.6 is 0 Å². The van der Waals surface area contributed by atoms with Crippen LogP contribution in [0, 0.1) is 0 Å². The van der Waals surface area contributed by atoms with Crippen molar-refractivity contribution in [3.05, 3.63) is 42.0 Å². The molecule has 2 rings (SSSR count). The lowest BCUT2D eigenvalue weighted by molar-refractivity contribution is -0.118. The number of amides is 1. The molecule has 0 saturated heterocycles. The van der Waals surface area contributed by atoms with Gasteiger partial charge in [-0.1, -0.05) is 0 Å². The molecule has 0 fully saturated rings. The summed E-state index contributed by atoms with van der Waals surface area (Å²) < 4.78 is 21.0. The number of nitrogens with two attached hydrogens (primary N) is 1. The van der Waals surface area contributed by atoms with Gasteiger partial charge in [-0.3, -0.25) is 4.79 Å². The Kier molecular flexibility index (Phi) is 7.08. The van der Waals surface area contributed by atoms with E-state index in [0.29, 0.717) is 22.9 Å². The summed E-state index contributed by atoms with van der Waals surface area (Å²) in [6.45, 7) is 3.21. The Bertz CT molecular complexity index is 851. The van der Waals surface area contributed by atoms with Crippen molar-refractivity contribution in [2.24, 2.45) is 0 Å². The van der Waals surface area contributed by atoms with Crippen molar-refractivity contribution in [2.75, 3.05) is 31.9 Å². The van der Waals surface area contributed by atoms with Crippen molar-refractivity contribution in [2.45, 2.75) is 20.0 Å². The molecule has 150 valence electrons. The van der Waals surface area contributed by atoms with Gasteiger partial charge in [0.2, 0.25) is 0 Å². The molecule has 0 aromatic heterocycles. The van der Waals surface area contributed by atoms with Gasteiger partial charge in [0.25, 0.3) is 5.91 Å². The summed E-state index contributed by atoms with van der Waals surface area (Å²) >= 11 is 0. The van der Waals surface area contributed by atoms with E-state index in [2.05, 4.69) is 5.32 Å². The molecule has 2 aromatic carbocycles. The first-order valence-corrected chi connectivity index (χ1v) is 8.59.